The molecule has 3 aromatic rings. The van der Waals surface area contributed by atoms with Gasteiger partial charge in [-0.2, -0.15) is 0 Å². The number of anilines is 1. The van der Waals surface area contributed by atoms with Crippen molar-refractivity contribution in [3.63, 3.8) is 0 Å². The summed E-state index contributed by atoms with van der Waals surface area (Å²) in [6, 6.07) is 17.8. The Balaban J connectivity index is 1.73. The van der Waals surface area contributed by atoms with Gasteiger partial charge in [-0.25, -0.2) is 8.42 Å². The van der Waals surface area contributed by atoms with E-state index < -0.39 is 28.5 Å². The van der Waals surface area contributed by atoms with Gasteiger partial charge in [-0.15, -0.1) is 0 Å². The molecule has 224 valence electrons. The van der Waals surface area contributed by atoms with Crippen LogP contribution in [0, 0.1) is 6.92 Å². The van der Waals surface area contributed by atoms with Crippen LogP contribution in [-0.4, -0.2) is 43.8 Å². The van der Waals surface area contributed by atoms with Crippen LogP contribution in [0.3, 0.4) is 0 Å². The lowest BCUT2D eigenvalue weighted by Gasteiger charge is -2.33. The molecule has 0 aromatic heterocycles. The predicted octanol–water partition coefficient (Wildman–Crippen LogP) is 6.54. The lowest BCUT2D eigenvalue weighted by Crippen LogP contribution is -2.52. The van der Waals surface area contributed by atoms with Crippen LogP contribution in [0.15, 0.2) is 71.6 Å². The van der Waals surface area contributed by atoms with Crippen molar-refractivity contribution in [2.45, 2.75) is 76.4 Å². The van der Waals surface area contributed by atoms with Gasteiger partial charge in [0.25, 0.3) is 10.0 Å². The standard InChI is InChI=1S/C32H37Cl2N3O4S/c1-4-24-9-5-8-12-30(24)37(42(40,41)28-17-13-22(2)14-18-28)21-31(38)36(20-25-15-16-26(33)19-29(25)34)23(3)32(39)35-27-10-6-7-11-27/h5,8-9,12-19,23,27H,4,6-7,10-11,20-21H2,1-3H3,(H,35,39)/t23-/m1/s1. The first kappa shape index (κ1) is 31.9. The number of rotatable bonds is 11. The first-order chi connectivity index (χ1) is 20.0. The Hall–Kier alpha value is -3.07. The van der Waals surface area contributed by atoms with Crippen LogP contribution in [0.5, 0.6) is 0 Å². The molecule has 10 heteroatoms. The van der Waals surface area contributed by atoms with Crippen LogP contribution >= 0.6 is 23.2 Å². The van der Waals surface area contributed by atoms with Crippen LogP contribution in [-0.2, 0) is 32.6 Å². The van der Waals surface area contributed by atoms with Gasteiger partial charge < -0.3 is 10.2 Å². The van der Waals surface area contributed by atoms with Gasteiger partial charge in [-0.1, -0.05) is 84.9 Å². The minimum atomic E-state index is -4.14. The summed E-state index contributed by atoms with van der Waals surface area (Å²) >= 11 is 12.6. The zero-order valence-corrected chi connectivity index (χ0v) is 26.5. The number of nitrogens with zero attached hydrogens (tertiary/aromatic N) is 2. The van der Waals surface area contributed by atoms with Gasteiger partial charge in [0.05, 0.1) is 10.6 Å². The molecule has 1 saturated carbocycles. The second kappa shape index (κ2) is 13.9. The highest BCUT2D eigenvalue weighted by molar-refractivity contribution is 7.92. The monoisotopic (exact) mass is 629 g/mol. The number of para-hydroxylation sites is 1. The van der Waals surface area contributed by atoms with Crippen molar-refractivity contribution in [3.8, 4) is 0 Å². The molecule has 1 atom stereocenters. The summed E-state index contributed by atoms with van der Waals surface area (Å²) in [5.41, 5.74) is 2.71. The first-order valence-corrected chi connectivity index (χ1v) is 16.4. The quantitative estimate of drug-likeness (QED) is 0.261. The highest BCUT2D eigenvalue weighted by atomic mass is 35.5. The highest BCUT2D eigenvalue weighted by Gasteiger charge is 2.34. The van der Waals surface area contributed by atoms with Crippen LogP contribution in [0.1, 0.15) is 56.2 Å². The maximum Gasteiger partial charge on any atom is 0.264 e. The number of aryl methyl sites for hydroxylation is 2. The fourth-order valence-electron chi connectivity index (χ4n) is 5.21. The largest absolute Gasteiger partial charge is 0.352 e. The Morgan fingerprint density at radius 2 is 1.64 bits per heavy atom. The summed E-state index contributed by atoms with van der Waals surface area (Å²) in [6.07, 6.45) is 4.45. The molecule has 0 bridgehead atoms. The molecule has 7 nitrogen and oxygen atoms in total. The highest BCUT2D eigenvalue weighted by Crippen LogP contribution is 2.29. The fraction of sp³-hybridized carbons (Fsp3) is 0.375. The van der Waals surface area contributed by atoms with E-state index in [9.17, 15) is 18.0 Å². The number of halogens is 2. The number of hydrogen-bond acceptors (Lipinski definition) is 4. The molecule has 4 rings (SSSR count). The Labute approximate surface area is 258 Å². The van der Waals surface area contributed by atoms with Crippen molar-refractivity contribution in [1.29, 1.82) is 0 Å². The van der Waals surface area contributed by atoms with E-state index in [1.54, 1.807) is 61.5 Å². The molecule has 1 aliphatic carbocycles. The number of sulfonamides is 1. The summed E-state index contributed by atoms with van der Waals surface area (Å²) in [4.78, 5) is 29.1. The second-order valence-corrected chi connectivity index (χ2v) is 13.4. The van der Waals surface area contributed by atoms with E-state index >= 15 is 0 Å². The second-order valence-electron chi connectivity index (χ2n) is 10.7. The maximum atomic E-state index is 14.2. The van der Waals surface area contributed by atoms with Gasteiger partial charge in [0, 0.05) is 22.6 Å². The van der Waals surface area contributed by atoms with Crippen LogP contribution in [0.25, 0.3) is 0 Å². The van der Waals surface area contributed by atoms with Crippen LogP contribution in [0.2, 0.25) is 10.0 Å². The summed E-state index contributed by atoms with van der Waals surface area (Å²) < 4.78 is 29.3. The smallest absolute Gasteiger partial charge is 0.264 e. The van der Waals surface area contributed by atoms with Gasteiger partial charge in [0.2, 0.25) is 11.8 Å². The summed E-state index contributed by atoms with van der Waals surface area (Å²) in [5, 5.41) is 3.87. The van der Waals surface area contributed by atoms with Crippen molar-refractivity contribution >= 4 is 50.7 Å². The number of nitrogens with one attached hydrogen (secondary N) is 1. The van der Waals surface area contributed by atoms with Crippen molar-refractivity contribution in [2.75, 3.05) is 10.8 Å². The van der Waals surface area contributed by atoms with Gasteiger partial charge >= 0.3 is 0 Å². The van der Waals surface area contributed by atoms with Crippen molar-refractivity contribution in [2.24, 2.45) is 0 Å². The molecule has 1 aliphatic rings. The predicted molar refractivity (Wildman–Crippen MR) is 168 cm³/mol. The molecule has 0 unspecified atom stereocenters. The number of carbonyl (C=O) groups is 2. The third-order valence-corrected chi connectivity index (χ3v) is 10.1. The molecule has 0 radical (unpaired) electrons. The maximum absolute atomic E-state index is 14.2. The van der Waals surface area contributed by atoms with Crippen molar-refractivity contribution in [3.05, 3.63) is 93.5 Å². The number of hydrogen-bond donors (Lipinski definition) is 1. The van der Waals surface area contributed by atoms with Crippen LogP contribution < -0.4 is 9.62 Å². The molecular weight excluding hydrogens is 593 g/mol. The zero-order valence-electron chi connectivity index (χ0n) is 24.1. The number of carbonyl (C=O) groups excluding carboxylic acids is 2. The average molecular weight is 631 g/mol. The zero-order chi connectivity index (χ0) is 30.4. The first-order valence-electron chi connectivity index (χ1n) is 14.2. The fourth-order valence-corrected chi connectivity index (χ4v) is 7.13. The summed E-state index contributed by atoms with van der Waals surface area (Å²) in [7, 11) is -4.14. The van der Waals surface area contributed by atoms with E-state index in [1.165, 1.54) is 4.90 Å². The molecule has 0 saturated heterocycles. The third-order valence-electron chi connectivity index (χ3n) is 7.75. The molecule has 0 heterocycles. The van der Waals surface area contributed by atoms with Gasteiger partial charge in [0.15, 0.2) is 0 Å². The molecular formula is C32H37Cl2N3O4S. The Morgan fingerprint density at radius 1 is 0.976 bits per heavy atom. The van der Waals surface area contributed by atoms with Crippen LogP contribution in [0.4, 0.5) is 5.69 Å². The minimum absolute atomic E-state index is 0.00192. The Bertz CT molecular complexity index is 1520. The number of amides is 2. The van der Waals surface area contributed by atoms with Crippen molar-refractivity contribution < 1.29 is 18.0 Å². The molecule has 42 heavy (non-hydrogen) atoms. The number of benzene rings is 3. The third kappa shape index (κ3) is 7.46. The molecule has 0 aliphatic heterocycles. The summed E-state index contributed by atoms with van der Waals surface area (Å²) in [6.45, 7) is 4.97. The van der Waals surface area contributed by atoms with E-state index in [0.717, 1.165) is 41.1 Å². The average Bonchev–Trinajstić information content (AvgIpc) is 3.48. The normalized spacial score (nSPS) is 14.4. The topological polar surface area (TPSA) is 86.8 Å². The van der Waals surface area contributed by atoms with Gasteiger partial charge in [0.1, 0.15) is 12.6 Å². The van der Waals surface area contributed by atoms with E-state index in [4.69, 9.17) is 23.2 Å². The molecule has 3 aromatic carbocycles. The van der Waals surface area contributed by atoms with E-state index in [-0.39, 0.29) is 23.4 Å². The Morgan fingerprint density at radius 3 is 2.29 bits per heavy atom. The lowest BCUT2D eigenvalue weighted by atomic mass is 10.1. The molecule has 0 spiro atoms. The van der Waals surface area contributed by atoms with Gasteiger partial charge in [-0.3, -0.25) is 13.9 Å². The van der Waals surface area contributed by atoms with E-state index in [0.29, 0.717) is 27.7 Å². The molecule has 1 N–H and O–H groups in total. The minimum Gasteiger partial charge on any atom is -0.352 e. The van der Waals surface area contributed by atoms with E-state index in [2.05, 4.69) is 5.32 Å². The van der Waals surface area contributed by atoms with Crippen molar-refractivity contribution in [1.82, 2.24) is 10.2 Å². The Kier molecular flexibility index (Phi) is 10.6. The van der Waals surface area contributed by atoms with E-state index in [1.807, 2.05) is 26.0 Å². The van der Waals surface area contributed by atoms with Gasteiger partial charge in [-0.05, 0) is 74.6 Å². The molecule has 1 fully saturated rings. The lowest BCUT2D eigenvalue weighted by molar-refractivity contribution is -0.139. The SMILES string of the molecule is CCc1ccccc1N(CC(=O)N(Cc1ccc(Cl)cc1Cl)[C@H](C)C(=O)NC1CCCC1)S(=O)(=O)c1ccc(C)cc1. The summed E-state index contributed by atoms with van der Waals surface area (Å²) in [5.74, 6) is -0.820. The molecule has 2 amide bonds.